The number of carbonyl (C=O) groups is 2. The second-order valence-corrected chi connectivity index (χ2v) is 6.78. The standard InChI is InChI=1S/C26H24O6/c1-29-24-15-13-21(16-25(24)30-2)22(27)14-12-19-6-4-5-7-23(19)32-17-18-8-10-20(11-9-18)26(28)31-3/h4-16H,17H2,1-3H3/b14-12+. The van der Waals surface area contributed by atoms with Gasteiger partial charge < -0.3 is 18.9 Å². The van der Waals surface area contributed by atoms with Crippen LogP contribution in [0.1, 0.15) is 31.8 Å². The fourth-order valence-electron chi connectivity index (χ4n) is 3.02. The summed E-state index contributed by atoms with van der Waals surface area (Å²) in [7, 11) is 4.42. The number of hydrogen-bond acceptors (Lipinski definition) is 6. The van der Waals surface area contributed by atoms with Crippen molar-refractivity contribution in [1.29, 1.82) is 0 Å². The van der Waals surface area contributed by atoms with E-state index in [0.717, 1.165) is 11.1 Å². The van der Waals surface area contributed by atoms with Crippen molar-refractivity contribution >= 4 is 17.8 Å². The molecule has 0 aromatic heterocycles. The van der Waals surface area contributed by atoms with Crippen molar-refractivity contribution < 1.29 is 28.5 Å². The van der Waals surface area contributed by atoms with E-state index in [4.69, 9.17) is 18.9 Å². The van der Waals surface area contributed by atoms with E-state index in [1.807, 2.05) is 36.4 Å². The van der Waals surface area contributed by atoms with Crippen LogP contribution in [0.15, 0.2) is 72.8 Å². The minimum absolute atomic E-state index is 0.167. The number of ketones is 1. The fraction of sp³-hybridized carbons (Fsp3) is 0.154. The van der Waals surface area contributed by atoms with Gasteiger partial charge in [0.15, 0.2) is 17.3 Å². The van der Waals surface area contributed by atoms with Crippen LogP contribution in [0.25, 0.3) is 6.08 Å². The lowest BCUT2D eigenvalue weighted by molar-refractivity contribution is 0.0600. The van der Waals surface area contributed by atoms with Crippen molar-refractivity contribution in [3.05, 3.63) is 95.1 Å². The molecule has 0 saturated heterocycles. The summed E-state index contributed by atoms with van der Waals surface area (Å²) in [6.45, 7) is 0.315. The number of hydrogen-bond donors (Lipinski definition) is 0. The molecule has 0 radical (unpaired) electrons. The van der Waals surface area contributed by atoms with Gasteiger partial charge in [-0.05, 0) is 54.1 Å². The molecule has 0 spiro atoms. The first-order valence-electron chi connectivity index (χ1n) is 9.89. The summed E-state index contributed by atoms with van der Waals surface area (Å²) in [6.07, 6.45) is 3.21. The molecule has 0 bridgehead atoms. The second kappa shape index (κ2) is 10.8. The molecule has 6 heteroatoms. The number of allylic oxidation sites excluding steroid dienone is 1. The lowest BCUT2D eigenvalue weighted by atomic mass is 10.1. The molecule has 0 fully saturated rings. The Hall–Kier alpha value is -4.06. The van der Waals surface area contributed by atoms with E-state index in [-0.39, 0.29) is 11.8 Å². The minimum atomic E-state index is -0.382. The zero-order valence-electron chi connectivity index (χ0n) is 18.2. The van der Waals surface area contributed by atoms with Crippen LogP contribution in [0.3, 0.4) is 0 Å². The Balaban J connectivity index is 1.70. The van der Waals surface area contributed by atoms with E-state index < -0.39 is 0 Å². The van der Waals surface area contributed by atoms with Gasteiger partial charge in [-0.2, -0.15) is 0 Å². The maximum Gasteiger partial charge on any atom is 0.337 e. The summed E-state index contributed by atoms with van der Waals surface area (Å²) in [5.74, 6) is 1.15. The molecule has 0 N–H and O–H groups in total. The smallest absolute Gasteiger partial charge is 0.337 e. The molecule has 3 aromatic rings. The molecule has 6 nitrogen and oxygen atoms in total. The molecule has 32 heavy (non-hydrogen) atoms. The molecule has 0 heterocycles. The fourth-order valence-corrected chi connectivity index (χ4v) is 3.02. The van der Waals surface area contributed by atoms with Crippen molar-refractivity contribution in [2.45, 2.75) is 6.61 Å². The maximum absolute atomic E-state index is 12.6. The monoisotopic (exact) mass is 432 g/mol. The van der Waals surface area contributed by atoms with Gasteiger partial charge in [0.1, 0.15) is 12.4 Å². The van der Waals surface area contributed by atoms with Gasteiger partial charge in [-0.25, -0.2) is 4.79 Å². The molecule has 3 rings (SSSR count). The highest BCUT2D eigenvalue weighted by atomic mass is 16.5. The van der Waals surface area contributed by atoms with Crippen molar-refractivity contribution in [2.75, 3.05) is 21.3 Å². The Morgan fingerprint density at radius 2 is 1.47 bits per heavy atom. The number of esters is 1. The summed E-state index contributed by atoms with van der Waals surface area (Å²) in [4.78, 5) is 24.2. The van der Waals surface area contributed by atoms with E-state index in [0.29, 0.717) is 35.0 Å². The summed E-state index contributed by atoms with van der Waals surface area (Å²) in [5.41, 5.74) is 2.64. The summed E-state index contributed by atoms with van der Waals surface area (Å²) in [6, 6.07) is 19.5. The number of rotatable bonds is 9. The van der Waals surface area contributed by atoms with Crippen LogP contribution in [0, 0.1) is 0 Å². The van der Waals surface area contributed by atoms with E-state index in [2.05, 4.69) is 0 Å². The van der Waals surface area contributed by atoms with Crippen LogP contribution in [0.4, 0.5) is 0 Å². The van der Waals surface area contributed by atoms with Crippen LogP contribution >= 0.6 is 0 Å². The predicted octanol–water partition coefficient (Wildman–Crippen LogP) is 4.97. The van der Waals surface area contributed by atoms with Crippen LogP contribution in [0.5, 0.6) is 17.2 Å². The number of ether oxygens (including phenoxy) is 4. The van der Waals surface area contributed by atoms with E-state index >= 15 is 0 Å². The van der Waals surface area contributed by atoms with Crippen LogP contribution in [-0.4, -0.2) is 33.1 Å². The Morgan fingerprint density at radius 3 is 2.16 bits per heavy atom. The highest BCUT2D eigenvalue weighted by Crippen LogP contribution is 2.28. The van der Waals surface area contributed by atoms with Crippen molar-refractivity contribution in [3.63, 3.8) is 0 Å². The second-order valence-electron chi connectivity index (χ2n) is 6.78. The average molecular weight is 432 g/mol. The molecule has 164 valence electrons. The minimum Gasteiger partial charge on any atom is -0.493 e. The average Bonchev–Trinajstić information content (AvgIpc) is 2.85. The van der Waals surface area contributed by atoms with Gasteiger partial charge in [0.05, 0.1) is 26.9 Å². The highest BCUT2D eigenvalue weighted by Gasteiger charge is 2.09. The zero-order valence-corrected chi connectivity index (χ0v) is 18.2. The summed E-state index contributed by atoms with van der Waals surface area (Å²) >= 11 is 0. The predicted molar refractivity (Wildman–Crippen MR) is 121 cm³/mol. The third-order valence-electron chi connectivity index (χ3n) is 4.77. The Bertz CT molecular complexity index is 1120. The Kier molecular flexibility index (Phi) is 7.65. The molecule has 0 unspecified atom stereocenters. The third kappa shape index (κ3) is 5.55. The molecule has 0 amide bonds. The largest absolute Gasteiger partial charge is 0.493 e. The summed E-state index contributed by atoms with van der Waals surface area (Å²) < 4.78 is 21.1. The normalized spacial score (nSPS) is 10.6. The quantitative estimate of drug-likeness (QED) is 0.270. The van der Waals surface area contributed by atoms with Crippen molar-refractivity contribution in [1.82, 2.24) is 0 Å². The van der Waals surface area contributed by atoms with Crippen molar-refractivity contribution in [3.8, 4) is 17.2 Å². The Labute approximate surface area is 187 Å². The van der Waals surface area contributed by atoms with Crippen molar-refractivity contribution in [2.24, 2.45) is 0 Å². The van der Waals surface area contributed by atoms with Gasteiger partial charge in [-0.1, -0.05) is 30.3 Å². The van der Waals surface area contributed by atoms with Gasteiger partial charge in [-0.15, -0.1) is 0 Å². The molecular weight excluding hydrogens is 408 g/mol. The number of carbonyl (C=O) groups excluding carboxylic acids is 2. The summed E-state index contributed by atoms with van der Waals surface area (Å²) in [5, 5.41) is 0. The molecule has 0 aliphatic heterocycles. The first-order chi connectivity index (χ1) is 15.5. The van der Waals surface area contributed by atoms with Crippen LogP contribution in [-0.2, 0) is 11.3 Å². The first-order valence-corrected chi connectivity index (χ1v) is 9.89. The molecule has 0 saturated carbocycles. The Morgan fingerprint density at radius 1 is 0.781 bits per heavy atom. The lowest BCUT2D eigenvalue weighted by Crippen LogP contribution is -2.02. The van der Waals surface area contributed by atoms with E-state index in [1.165, 1.54) is 20.3 Å². The van der Waals surface area contributed by atoms with Gasteiger partial charge in [0, 0.05) is 11.1 Å². The highest BCUT2D eigenvalue weighted by molar-refractivity contribution is 6.07. The van der Waals surface area contributed by atoms with E-state index in [1.54, 1.807) is 43.5 Å². The third-order valence-corrected chi connectivity index (χ3v) is 4.77. The SMILES string of the molecule is COC(=O)c1ccc(COc2ccccc2/C=C/C(=O)c2ccc(OC)c(OC)c2)cc1. The van der Waals surface area contributed by atoms with Gasteiger partial charge in [-0.3, -0.25) is 4.79 Å². The van der Waals surface area contributed by atoms with Crippen LogP contribution in [0.2, 0.25) is 0 Å². The molecule has 0 aliphatic carbocycles. The lowest BCUT2D eigenvalue weighted by Gasteiger charge is -2.10. The molecule has 0 aliphatic rings. The van der Waals surface area contributed by atoms with Gasteiger partial charge in [0.2, 0.25) is 0 Å². The zero-order chi connectivity index (χ0) is 22.9. The number of para-hydroxylation sites is 1. The number of methoxy groups -OCH3 is 3. The molecule has 0 atom stereocenters. The maximum atomic E-state index is 12.6. The molecular formula is C26H24O6. The van der Waals surface area contributed by atoms with Gasteiger partial charge in [0.25, 0.3) is 0 Å². The first kappa shape index (κ1) is 22.6. The van der Waals surface area contributed by atoms with E-state index in [9.17, 15) is 9.59 Å². The number of benzene rings is 3. The topological polar surface area (TPSA) is 71.1 Å². The van der Waals surface area contributed by atoms with Gasteiger partial charge >= 0.3 is 5.97 Å². The molecule has 3 aromatic carbocycles. The van der Waals surface area contributed by atoms with Crippen LogP contribution < -0.4 is 14.2 Å².